The number of carbonyl (C=O) groups excluding carboxylic acids is 1. The van der Waals surface area contributed by atoms with Gasteiger partial charge in [-0.1, -0.05) is 46.2 Å². The average molecular weight is 508 g/mol. The molecule has 0 saturated heterocycles. The Hall–Kier alpha value is -3.49. The Labute approximate surface area is 200 Å². The number of aryl methyl sites for hydroxylation is 1. The van der Waals surface area contributed by atoms with Gasteiger partial charge in [-0.25, -0.2) is 10.1 Å². The molecule has 16 heteroatoms. The number of halogens is 2. The molecule has 1 amide bonds. The predicted octanol–water partition coefficient (Wildman–Crippen LogP) is 2.11. The van der Waals surface area contributed by atoms with Crippen LogP contribution in [0.4, 0.5) is 5.82 Å². The van der Waals surface area contributed by atoms with Gasteiger partial charge in [-0.05, 0) is 29.4 Å². The van der Waals surface area contributed by atoms with Gasteiger partial charge in [-0.15, -0.1) is 15.3 Å². The number of hydrogen-bond donors (Lipinski definition) is 2. The topological polar surface area (TPSA) is 168 Å². The van der Waals surface area contributed by atoms with E-state index in [4.69, 9.17) is 28.9 Å². The minimum atomic E-state index is -0.603. The number of hydrazone groups is 1. The van der Waals surface area contributed by atoms with E-state index >= 15 is 0 Å². The van der Waals surface area contributed by atoms with E-state index in [-0.39, 0.29) is 23.1 Å². The summed E-state index contributed by atoms with van der Waals surface area (Å²) in [7, 11) is 1.80. The molecule has 0 spiro atoms. The van der Waals surface area contributed by atoms with E-state index in [1.54, 1.807) is 43.1 Å². The molecule has 170 valence electrons. The molecule has 13 nitrogen and oxygen atoms in total. The van der Waals surface area contributed by atoms with Crippen LogP contribution in [0.15, 0.2) is 39.4 Å². The van der Waals surface area contributed by atoms with Gasteiger partial charge in [-0.3, -0.25) is 4.79 Å². The maximum absolute atomic E-state index is 12.9. The zero-order valence-electron chi connectivity index (χ0n) is 17.1. The van der Waals surface area contributed by atoms with Crippen LogP contribution in [0.1, 0.15) is 28.7 Å². The van der Waals surface area contributed by atoms with Crippen LogP contribution in [0.25, 0.3) is 5.82 Å². The molecule has 0 bridgehead atoms. The Morgan fingerprint density at radius 3 is 2.79 bits per heavy atom. The Balaban J connectivity index is 1.62. The maximum Gasteiger partial charge on any atom is 0.293 e. The van der Waals surface area contributed by atoms with Crippen LogP contribution in [0.2, 0.25) is 10.0 Å². The van der Waals surface area contributed by atoms with Crippen LogP contribution < -0.4 is 11.2 Å². The lowest BCUT2D eigenvalue weighted by Gasteiger charge is -2.06. The highest BCUT2D eigenvalue weighted by Crippen LogP contribution is 2.25. The van der Waals surface area contributed by atoms with Crippen LogP contribution in [-0.4, -0.2) is 51.7 Å². The van der Waals surface area contributed by atoms with Crippen molar-refractivity contribution >= 4 is 52.4 Å². The van der Waals surface area contributed by atoms with Crippen molar-refractivity contribution in [2.24, 2.45) is 12.1 Å². The van der Waals surface area contributed by atoms with Crippen molar-refractivity contribution in [1.82, 2.24) is 45.5 Å². The lowest BCUT2D eigenvalue weighted by molar-refractivity contribution is 0.0949. The molecule has 33 heavy (non-hydrogen) atoms. The molecule has 3 heterocycles. The van der Waals surface area contributed by atoms with Crippen molar-refractivity contribution in [2.45, 2.75) is 17.8 Å². The first kappa shape index (κ1) is 22.7. The molecule has 0 atom stereocenters. The summed E-state index contributed by atoms with van der Waals surface area (Å²) >= 11 is 13.4. The second kappa shape index (κ2) is 9.56. The van der Waals surface area contributed by atoms with E-state index in [1.165, 1.54) is 16.4 Å². The number of rotatable bonds is 7. The lowest BCUT2D eigenvalue weighted by Crippen LogP contribution is -2.21. The lowest BCUT2D eigenvalue weighted by atomic mass is 10.1. The molecule has 0 aliphatic carbocycles. The van der Waals surface area contributed by atoms with Gasteiger partial charge < -0.3 is 10.3 Å². The van der Waals surface area contributed by atoms with Crippen molar-refractivity contribution in [1.29, 1.82) is 0 Å². The van der Waals surface area contributed by atoms with Gasteiger partial charge in [-0.2, -0.15) is 9.78 Å². The Morgan fingerprint density at radius 2 is 2.12 bits per heavy atom. The van der Waals surface area contributed by atoms with Crippen molar-refractivity contribution < 1.29 is 9.42 Å². The summed E-state index contributed by atoms with van der Waals surface area (Å²) in [5.41, 5.74) is 9.73. The Morgan fingerprint density at radius 1 is 1.30 bits per heavy atom. The summed E-state index contributed by atoms with van der Waals surface area (Å²) in [6.07, 6.45) is 1.56. The third kappa shape index (κ3) is 4.81. The SMILES string of the molecule is C/C(=N\NC(=O)c1nnn(-c2nonc2N)c1CSc1nncn1C)c1ccc(Cl)cc1Cl. The zero-order valence-corrected chi connectivity index (χ0v) is 19.4. The second-order valence-corrected chi connectivity index (χ2v) is 8.33. The number of carbonyl (C=O) groups is 1. The fraction of sp³-hybridized carbons (Fsp3) is 0.176. The first-order chi connectivity index (χ1) is 15.8. The number of nitrogens with zero attached hydrogens (tertiary/aromatic N) is 9. The summed E-state index contributed by atoms with van der Waals surface area (Å²) in [6, 6.07) is 4.96. The number of nitrogens with two attached hydrogens (primary N) is 1. The monoisotopic (exact) mass is 507 g/mol. The largest absolute Gasteiger partial charge is 0.378 e. The van der Waals surface area contributed by atoms with Crippen LogP contribution in [-0.2, 0) is 12.8 Å². The van der Waals surface area contributed by atoms with E-state index < -0.39 is 5.91 Å². The molecule has 4 rings (SSSR count). The predicted molar refractivity (Wildman–Crippen MR) is 120 cm³/mol. The first-order valence-corrected chi connectivity index (χ1v) is 10.9. The van der Waals surface area contributed by atoms with Crippen LogP contribution in [0, 0.1) is 0 Å². The quantitative estimate of drug-likeness (QED) is 0.214. The number of aromatic nitrogens is 8. The molecule has 3 aromatic heterocycles. The van der Waals surface area contributed by atoms with E-state index in [1.807, 2.05) is 0 Å². The molecule has 3 N–H and O–H groups in total. The average Bonchev–Trinajstić information content (AvgIpc) is 3.49. The van der Waals surface area contributed by atoms with Gasteiger partial charge in [0, 0.05) is 23.4 Å². The molecular weight excluding hydrogens is 493 g/mol. The maximum atomic E-state index is 12.9. The number of nitrogen functional groups attached to an aromatic ring is 1. The fourth-order valence-corrected chi connectivity index (χ4v) is 4.11. The normalized spacial score (nSPS) is 11.7. The first-order valence-electron chi connectivity index (χ1n) is 9.15. The fourth-order valence-electron chi connectivity index (χ4n) is 2.68. The number of thioether (sulfide) groups is 1. The highest BCUT2D eigenvalue weighted by Gasteiger charge is 2.24. The van der Waals surface area contributed by atoms with Crippen molar-refractivity contribution in [2.75, 3.05) is 5.73 Å². The van der Waals surface area contributed by atoms with Crippen LogP contribution >= 0.6 is 35.0 Å². The molecule has 0 aliphatic heterocycles. The second-order valence-electron chi connectivity index (χ2n) is 6.55. The van der Waals surface area contributed by atoms with Crippen molar-refractivity contribution in [3.05, 3.63) is 51.5 Å². The molecular formula is C17H15Cl2N11O2S. The number of nitrogens with one attached hydrogen (secondary N) is 1. The summed E-state index contributed by atoms with van der Waals surface area (Å²) in [5, 5.41) is 28.7. The Bertz CT molecular complexity index is 1350. The van der Waals surface area contributed by atoms with E-state index in [2.05, 4.69) is 46.0 Å². The molecule has 0 unspecified atom stereocenters. The van der Waals surface area contributed by atoms with Gasteiger partial charge >= 0.3 is 0 Å². The highest BCUT2D eigenvalue weighted by atomic mass is 35.5. The van der Waals surface area contributed by atoms with E-state index in [0.29, 0.717) is 32.2 Å². The molecule has 0 saturated carbocycles. The third-order valence-electron chi connectivity index (χ3n) is 4.33. The van der Waals surface area contributed by atoms with E-state index in [0.717, 1.165) is 0 Å². The van der Waals surface area contributed by atoms with Gasteiger partial charge in [0.05, 0.1) is 16.4 Å². The molecule has 0 radical (unpaired) electrons. The smallest absolute Gasteiger partial charge is 0.293 e. The van der Waals surface area contributed by atoms with E-state index in [9.17, 15) is 4.79 Å². The number of hydrogen-bond acceptors (Lipinski definition) is 11. The third-order valence-corrected chi connectivity index (χ3v) is 5.92. The van der Waals surface area contributed by atoms with Gasteiger partial charge in [0.15, 0.2) is 10.9 Å². The molecule has 1 aromatic carbocycles. The van der Waals surface area contributed by atoms with Crippen LogP contribution in [0.5, 0.6) is 0 Å². The Kier molecular flexibility index (Phi) is 6.57. The highest BCUT2D eigenvalue weighted by molar-refractivity contribution is 7.98. The number of benzene rings is 1. The summed E-state index contributed by atoms with van der Waals surface area (Å²) in [4.78, 5) is 12.9. The van der Waals surface area contributed by atoms with Gasteiger partial charge in [0.1, 0.15) is 6.33 Å². The molecule has 4 aromatic rings. The number of anilines is 1. The van der Waals surface area contributed by atoms with Crippen molar-refractivity contribution in [3.63, 3.8) is 0 Å². The number of amides is 1. The summed E-state index contributed by atoms with van der Waals surface area (Å²) < 4.78 is 7.66. The van der Waals surface area contributed by atoms with Crippen molar-refractivity contribution in [3.8, 4) is 5.82 Å². The summed E-state index contributed by atoms with van der Waals surface area (Å²) in [6.45, 7) is 1.69. The van der Waals surface area contributed by atoms with Gasteiger partial charge in [0.25, 0.3) is 5.91 Å². The standard InChI is InChI=1S/C17H15Cl2N11O2S/c1-8(10-4-3-9(18)5-11(10)19)22-24-16(31)13-12(6-33-17-25-21-7-29(17)2)30(28-23-13)15-14(20)26-32-27-15/h3-5,7H,6H2,1-2H3,(H2,20,26)(H,24,31)/b22-8+. The van der Waals surface area contributed by atoms with Crippen LogP contribution in [0.3, 0.4) is 0 Å². The minimum absolute atomic E-state index is 0.00539. The molecule has 0 fully saturated rings. The molecule has 0 aliphatic rings. The minimum Gasteiger partial charge on any atom is -0.378 e. The summed E-state index contributed by atoms with van der Waals surface area (Å²) in [5.74, 6) is -0.277. The zero-order chi connectivity index (χ0) is 23.5. The van der Waals surface area contributed by atoms with Gasteiger partial charge in [0.2, 0.25) is 11.6 Å².